The van der Waals surface area contributed by atoms with Crippen molar-refractivity contribution in [1.82, 2.24) is 9.88 Å². The van der Waals surface area contributed by atoms with Crippen LogP contribution < -0.4 is 0 Å². The molecule has 0 spiro atoms. The van der Waals surface area contributed by atoms with Crippen molar-refractivity contribution in [3.8, 4) is 0 Å². The van der Waals surface area contributed by atoms with Crippen LogP contribution in [0, 0.1) is 0 Å². The van der Waals surface area contributed by atoms with Crippen LogP contribution in [0.15, 0.2) is 12.1 Å². The largest absolute Gasteiger partial charge is 0.371 e. The van der Waals surface area contributed by atoms with Crippen molar-refractivity contribution in [1.29, 1.82) is 0 Å². The molecule has 0 saturated carbocycles. The van der Waals surface area contributed by atoms with E-state index in [-0.39, 0.29) is 23.5 Å². The molecule has 0 aliphatic carbocycles. The maximum absolute atomic E-state index is 12.7. The van der Waals surface area contributed by atoms with E-state index in [1.54, 1.807) is 6.07 Å². The van der Waals surface area contributed by atoms with E-state index in [4.69, 9.17) is 16.3 Å². The number of aromatic nitrogens is 1. The molecule has 3 rings (SSSR count). The first-order chi connectivity index (χ1) is 9.83. The molecule has 0 aromatic carbocycles. The number of carbonyl (C=O) groups excluding carboxylic acids is 1. The van der Waals surface area contributed by atoms with Gasteiger partial charge in [0.2, 0.25) is 0 Å². The van der Waals surface area contributed by atoms with Gasteiger partial charge in [-0.15, -0.1) is 0 Å². The number of halogens is 1. The number of rotatable bonds is 1. The number of morpholine rings is 1. The minimum Gasteiger partial charge on any atom is -0.371 e. The van der Waals surface area contributed by atoms with Gasteiger partial charge in [-0.25, -0.2) is 4.98 Å². The Hall–Kier alpha value is -1.13. The topological polar surface area (TPSA) is 42.4 Å². The summed E-state index contributed by atoms with van der Waals surface area (Å²) in [6.07, 6.45) is 2.51. The van der Waals surface area contributed by atoms with Gasteiger partial charge in [0.25, 0.3) is 5.91 Å². The molecule has 0 N–H and O–H groups in total. The Balaban J connectivity index is 1.86. The van der Waals surface area contributed by atoms with Gasteiger partial charge in [-0.1, -0.05) is 32.4 Å². The van der Waals surface area contributed by atoms with Gasteiger partial charge in [-0.2, -0.15) is 0 Å². The third kappa shape index (κ3) is 3.06. The summed E-state index contributed by atoms with van der Waals surface area (Å²) < 4.78 is 5.78. The summed E-state index contributed by atoms with van der Waals surface area (Å²) in [5.41, 5.74) is 1.33. The smallest absolute Gasteiger partial charge is 0.254 e. The monoisotopic (exact) mass is 308 g/mol. The van der Waals surface area contributed by atoms with Gasteiger partial charge >= 0.3 is 0 Å². The molecule has 1 aromatic rings. The summed E-state index contributed by atoms with van der Waals surface area (Å²) in [5.74, 6) is 0.0324. The van der Waals surface area contributed by atoms with E-state index in [0.29, 0.717) is 23.8 Å². The predicted molar refractivity (Wildman–Crippen MR) is 81.7 cm³/mol. The average molecular weight is 309 g/mol. The highest BCUT2D eigenvalue weighted by molar-refractivity contribution is 6.29. The fourth-order valence-corrected chi connectivity index (χ4v) is 3.18. The minimum atomic E-state index is -0.135. The lowest BCUT2D eigenvalue weighted by atomic mass is 9.90. The Bertz CT molecular complexity index is 556. The molecule has 5 heteroatoms. The van der Waals surface area contributed by atoms with Crippen LogP contribution in [0.4, 0.5) is 0 Å². The fraction of sp³-hybridized carbons (Fsp3) is 0.625. The summed E-state index contributed by atoms with van der Waals surface area (Å²) in [6.45, 7) is 7.55. The van der Waals surface area contributed by atoms with Gasteiger partial charge in [0.15, 0.2) is 0 Å². The second kappa shape index (κ2) is 5.25. The third-order valence-corrected chi connectivity index (χ3v) is 4.33. The Morgan fingerprint density at radius 2 is 1.90 bits per heavy atom. The van der Waals surface area contributed by atoms with Crippen LogP contribution in [0.1, 0.15) is 49.7 Å². The molecular weight excluding hydrogens is 288 g/mol. The normalized spacial score (nSPS) is 25.2. The second-order valence-corrected chi connectivity index (χ2v) is 7.37. The number of ether oxygens (including phenoxy) is 1. The molecule has 114 valence electrons. The Morgan fingerprint density at radius 1 is 1.29 bits per heavy atom. The zero-order valence-corrected chi connectivity index (χ0v) is 13.5. The molecule has 3 heterocycles. The van der Waals surface area contributed by atoms with Crippen molar-refractivity contribution in [3.05, 3.63) is 28.5 Å². The zero-order valence-electron chi connectivity index (χ0n) is 12.7. The van der Waals surface area contributed by atoms with Crippen molar-refractivity contribution in [2.45, 2.75) is 51.2 Å². The van der Waals surface area contributed by atoms with Crippen LogP contribution >= 0.6 is 11.6 Å². The molecule has 0 radical (unpaired) electrons. The third-order valence-electron chi connectivity index (χ3n) is 4.14. The van der Waals surface area contributed by atoms with Crippen LogP contribution in [-0.2, 0) is 10.2 Å². The number of nitrogens with zero attached hydrogens (tertiary/aromatic N) is 2. The van der Waals surface area contributed by atoms with Crippen LogP contribution in [-0.4, -0.2) is 41.1 Å². The number of hydrogen-bond acceptors (Lipinski definition) is 3. The van der Waals surface area contributed by atoms with Crippen LogP contribution in [0.5, 0.6) is 0 Å². The quantitative estimate of drug-likeness (QED) is 0.749. The van der Waals surface area contributed by atoms with E-state index in [1.807, 2.05) is 11.0 Å². The Kier molecular flexibility index (Phi) is 3.70. The molecule has 2 fully saturated rings. The van der Waals surface area contributed by atoms with E-state index < -0.39 is 0 Å². The predicted octanol–water partition coefficient (Wildman–Crippen LogP) is 3.04. The minimum absolute atomic E-state index is 0.0324. The van der Waals surface area contributed by atoms with Crippen molar-refractivity contribution >= 4 is 17.5 Å². The molecular formula is C16H21ClN2O2. The number of amides is 1. The molecule has 2 aliphatic rings. The van der Waals surface area contributed by atoms with Gasteiger partial charge in [0.05, 0.1) is 12.2 Å². The molecule has 2 bridgehead atoms. The highest BCUT2D eigenvalue weighted by Gasteiger charge is 2.36. The standard InChI is InChI=1S/C16H21ClN2O2/c1-16(2,3)13-6-10(7-14(17)18-13)15(20)19-8-11-4-5-12(9-19)21-11/h6-7,11-12H,4-5,8-9H2,1-3H3. The SMILES string of the molecule is CC(C)(C)c1cc(C(=O)N2CC3CCC(C2)O3)cc(Cl)n1. The van der Waals surface area contributed by atoms with E-state index in [1.165, 1.54) is 0 Å². The van der Waals surface area contributed by atoms with Crippen molar-refractivity contribution < 1.29 is 9.53 Å². The molecule has 1 aromatic heterocycles. The number of carbonyl (C=O) groups is 1. The number of hydrogen-bond donors (Lipinski definition) is 0. The summed E-state index contributed by atoms with van der Waals surface area (Å²) in [7, 11) is 0. The zero-order chi connectivity index (χ0) is 15.2. The Labute approximate surface area is 130 Å². The molecule has 2 unspecified atom stereocenters. The number of pyridine rings is 1. The molecule has 2 saturated heterocycles. The van der Waals surface area contributed by atoms with Crippen molar-refractivity contribution in [2.75, 3.05) is 13.1 Å². The average Bonchev–Trinajstić information content (AvgIpc) is 2.75. The number of likely N-dealkylation sites (tertiary alicyclic amines) is 1. The van der Waals surface area contributed by atoms with Gasteiger partial charge in [0, 0.05) is 29.8 Å². The molecule has 2 aliphatic heterocycles. The van der Waals surface area contributed by atoms with Crippen LogP contribution in [0.25, 0.3) is 0 Å². The van der Waals surface area contributed by atoms with E-state index in [0.717, 1.165) is 18.5 Å². The van der Waals surface area contributed by atoms with Gasteiger partial charge < -0.3 is 9.64 Å². The van der Waals surface area contributed by atoms with Crippen molar-refractivity contribution in [3.63, 3.8) is 0 Å². The van der Waals surface area contributed by atoms with Crippen LogP contribution in [0.3, 0.4) is 0 Å². The Morgan fingerprint density at radius 3 is 2.48 bits per heavy atom. The summed E-state index contributed by atoms with van der Waals surface area (Å²) >= 11 is 6.10. The van der Waals surface area contributed by atoms with Crippen molar-refractivity contribution in [2.24, 2.45) is 0 Å². The summed E-state index contributed by atoms with van der Waals surface area (Å²) in [4.78, 5) is 19.0. The maximum atomic E-state index is 12.7. The second-order valence-electron chi connectivity index (χ2n) is 6.98. The van der Waals surface area contributed by atoms with E-state index in [2.05, 4.69) is 25.8 Å². The molecule has 2 atom stereocenters. The van der Waals surface area contributed by atoms with Gasteiger partial charge in [-0.3, -0.25) is 4.79 Å². The highest BCUT2D eigenvalue weighted by atomic mass is 35.5. The maximum Gasteiger partial charge on any atom is 0.254 e. The molecule has 21 heavy (non-hydrogen) atoms. The van der Waals surface area contributed by atoms with E-state index in [9.17, 15) is 4.79 Å². The lowest BCUT2D eigenvalue weighted by molar-refractivity contribution is -0.0303. The van der Waals surface area contributed by atoms with Gasteiger partial charge in [0.1, 0.15) is 5.15 Å². The first kappa shape index (κ1) is 14.8. The lowest BCUT2D eigenvalue weighted by Crippen LogP contribution is -2.45. The lowest BCUT2D eigenvalue weighted by Gasteiger charge is -2.32. The van der Waals surface area contributed by atoms with E-state index >= 15 is 0 Å². The summed E-state index contributed by atoms with van der Waals surface area (Å²) in [5, 5.41) is 0.377. The number of fused-ring (bicyclic) bond motifs is 2. The molecule has 4 nitrogen and oxygen atoms in total. The summed E-state index contributed by atoms with van der Waals surface area (Å²) in [6, 6.07) is 3.53. The fourth-order valence-electron chi connectivity index (χ4n) is 2.97. The first-order valence-corrected chi connectivity index (χ1v) is 7.83. The molecule has 1 amide bonds. The highest BCUT2D eigenvalue weighted by Crippen LogP contribution is 2.28. The first-order valence-electron chi connectivity index (χ1n) is 7.46. The van der Waals surface area contributed by atoms with Crippen LogP contribution in [0.2, 0.25) is 5.15 Å². The van der Waals surface area contributed by atoms with Gasteiger partial charge in [-0.05, 0) is 25.0 Å².